The molecule has 0 radical (unpaired) electrons. The van der Waals surface area contributed by atoms with Crippen molar-refractivity contribution in [1.29, 1.82) is 0 Å². The van der Waals surface area contributed by atoms with Gasteiger partial charge in [0.05, 0.1) is 6.61 Å². The lowest BCUT2D eigenvalue weighted by atomic mass is 10.2. The zero-order chi connectivity index (χ0) is 17.7. The Balaban J connectivity index is 2.20. The van der Waals surface area contributed by atoms with Crippen LogP contribution in [0.2, 0.25) is 0 Å². The molecule has 24 heavy (non-hydrogen) atoms. The van der Waals surface area contributed by atoms with E-state index in [4.69, 9.17) is 5.11 Å². The molecule has 2 aromatic rings. The molecule has 3 N–H and O–H groups in total. The topological polar surface area (TPSA) is 70.1 Å². The average molecular weight is 344 g/mol. The first-order chi connectivity index (χ1) is 11.3. The molecule has 0 fully saturated rings. The molecule has 0 aliphatic carbocycles. The van der Waals surface area contributed by atoms with Gasteiger partial charge < -0.3 is 15.7 Å². The summed E-state index contributed by atoms with van der Waals surface area (Å²) in [6, 6.07) is 5.83. The van der Waals surface area contributed by atoms with Crippen LogP contribution in [0.25, 0.3) is 0 Å². The highest BCUT2D eigenvalue weighted by Crippen LogP contribution is 2.29. The summed E-state index contributed by atoms with van der Waals surface area (Å²) in [4.78, 5) is 7.36. The molecule has 0 bridgehead atoms. The standard InChI is InChI=1S/C15H16F4N4O/c1-9(8-24)21-14-22-12(15(17,18)19)6-13(23-14)20-7-10-2-4-11(16)5-3-10/h2-6,9,24H,7-8H2,1H3,(H2,20,21,22,23)/t9-/m0/s1. The Bertz CT molecular complexity index is 676. The van der Waals surface area contributed by atoms with Crippen LogP contribution in [-0.4, -0.2) is 27.7 Å². The van der Waals surface area contributed by atoms with Gasteiger partial charge in [-0.25, -0.2) is 9.37 Å². The van der Waals surface area contributed by atoms with Crippen molar-refractivity contribution in [3.05, 3.63) is 47.4 Å². The number of anilines is 2. The van der Waals surface area contributed by atoms with Crippen LogP contribution in [0.4, 0.5) is 29.3 Å². The third kappa shape index (κ3) is 5.05. The Labute approximate surface area is 135 Å². The van der Waals surface area contributed by atoms with Gasteiger partial charge in [-0.3, -0.25) is 0 Å². The van der Waals surface area contributed by atoms with Gasteiger partial charge in [0.1, 0.15) is 11.6 Å². The van der Waals surface area contributed by atoms with Crippen molar-refractivity contribution in [3.63, 3.8) is 0 Å². The Kier molecular flexibility index (Phi) is 5.55. The van der Waals surface area contributed by atoms with E-state index in [1.165, 1.54) is 24.3 Å². The number of aliphatic hydroxyl groups is 1. The molecule has 0 unspecified atom stereocenters. The Morgan fingerprint density at radius 3 is 2.42 bits per heavy atom. The molecule has 2 rings (SSSR count). The fourth-order valence-electron chi connectivity index (χ4n) is 1.81. The van der Waals surface area contributed by atoms with Gasteiger partial charge in [-0.15, -0.1) is 0 Å². The lowest BCUT2D eigenvalue weighted by Gasteiger charge is -2.15. The third-order valence-electron chi connectivity index (χ3n) is 3.05. The van der Waals surface area contributed by atoms with Crippen molar-refractivity contribution in [2.45, 2.75) is 25.7 Å². The van der Waals surface area contributed by atoms with E-state index in [9.17, 15) is 17.6 Å². The summed E-state index contributed by atoms with van der Waals surface area (Å²) in [5, 5.41) is 14.3. The smallest absolute Gasteiger partial charge is 0.394 e. The summed E-state index contributed by atoms with van der Waals surface area (Å²) >= 11 is 0. The fourth-order valence-corrected chi connectivity index (χ4v) is 1.81. The molecule has 0 aliphatic rings. The largest absolute Gasteiger partial charge is 0.433 e. The summed E-state index contributed by atoms with van der Waals surface area (Å²) in [6.45, 7) is 1.47. The molecule has 0 amide bonds. The van der Waals surface area contributed by atoms with E-state index in [0.717, 1.165) is 6.07 Å². The summed E-state index contributed by atoms with van der Waals surface area (Å²) in [5.41, 5.74) is -0.423. The molecule has 1 aromatic heterocycles. The summed E-state index contributed by atoms with van der Waals surface area (Å²) < 4.78 is 51.7. The molecule has 1 aromatic carbocycles. The van der Waals surface area contributed by atoms with Crippen molar-refractivity contribution in [2.75, 3.05) is 17.2 Å². The zero-order valence-corrected chi connectivity index (χ0v) is 12.7. The maximum absolute atomic E-state index is 12.9. The van der Waals surface area contributed by atoms with E-state index >= 15 is 0 Å². The Morgan fingerprint density at radius 2 is 1.83 bits per heavy atom. The quantitative estimate of drug-likeness (QED) is 0.703. The van der Waals surface area contributed by atoms with Gasteiger partial charge in [0.15, 0.2) is 5.69 Å². The normalized spacial score (nSPS) is 12.8. The van der Waals surface area contributed by atoms with E-state index < -0.39 is 23.7 Å². The van der Waals surface area contributed by atoms with Crippen molar-refractivity contribution in [1.82, 2.24) is 9.97 Å². The van der Waals surface area contributed by atoms with Crippen molar-refractivity contribution < 1.29 is 22.7 Å². The molecule has 0 aliphatic heterocycles. The number of hydrogen-bond donors (Lipinski definition) is 3. The van der Waals surface area contributed by atoms with Crippen LogP contribution in [0.1, 0.15) is 18.2 Å². The SMILES string of the molecule is C[C@@H](CO)Nc1nc(NCc2ccc(F)cc2)cc(C(F)(F)F)n1. The van der Waals surface area contributed by atoms with Gasteiger partial charge in [0.2, 0.25) is 5.95 Å². The molecule has 130 valence electrons. The number of benzene rings is 1. The third-order valence-corrected chi connectivity index (χ3v) is 3.05. The second-order valence-electron chi connectivity index (χ2n) is 5.17. The molecular weight excluding hydrogens is 328 g/mol. The maximum Gasteiger partial charge on any atom is 0.433 e. The Hall–Kier alpha value is -2.42. The molecular formula is C15H16F4N4O. The number of aromatic nitrogens is 2. The lowest BCUT2D eigenvalue weighted by Crippen LogP contribution is -2.22. The van der Waals surface area contributed by atoms with E-state index in [2.05, 4.69) is 20.6 Å². The summed E-state index contributed by atoms with van der Waals surface area (Å²) in [7, 11) is 0. The summed E-state index contributed by atoms with van der Waals surface area (Å²) in [5.74, 6) is -0.674. The highest BCUT2D eigenvalue weighted by Gasteiger charge is 2.33. The second-order valence-corrected chi connectivity index (χ2v) is 5.17. The zero-order valence-electron chi connectivity index (χ0n) is 12.7. The maximum atomic E-state index is 12.9. The first kappa shape index (κ1) is 17.9. The minimum Gasteiger partial charge on any atom is -0.394 e. The van der Waals surface area contributed by atoms with Gasteiger partial charge in [-0.05, 0) is 24.6 Å². The van der Waals surface area contributed by atoms with Crippen LogP contribution < -0.4 is 10.6 Å². The van der Waals surface area contributed by atoms with Gasteiger partial charge in [0, 0.05) is 18.7 Å². The molecule has 0 saturated carbocycles. The number of halogens is 4. The monoisotopic (exact) mass is 344 g/mol. The minimum atomic E-state index is -4.63. The molecule has 0 spiro atoms. The minimum absolute atomic E-state index is 0.0331. The molecule has 1 heterocycles. The van der Waals surface area contributed by atoms with E-state index in [1.807, 2.05) is 0 Å². The van der Waals surface area contributed by atoms with Crippen LogP contribution in [0.15, 0.2) is 30.3 Å². The highest BCUT2D eigenvalue weighted by atomic mass is 19.4. The van der Waals surface area contributed by atoms with E-state index in [1.54, 1.807) is 6.92 Å². The fraction of sp³-hybridized carbons (Fsp3) is 0.333. The predicted octanol–water partition coefficient (Wildman–Crippen LogP) is 3.04. The van der Waals surface area contributed by atoms with E-state index in [0.29, 0.717) is 5.56 Å². The molecule has 9 heteroatoms. The number of alkyl halides is 3. The van der Waals surface area contributed by atoms with Crippen molar-refractivity contribution in [2.24, 2.45) is 0 Å². The number of aliphatic hydroxyl groups excluding tert-OH is 1. The number of nitrogens with one attached hydrogen (secondary N) is 2. The van der Waals surface area contributed by atoms with Gasteiger partial charge >= 0.3 is 6.18 Å². The van der Waals surface area contributed by atoms with E-state index in [-0.39, 0.29) is 24.9 Å². The summed E-state index contributed by atoms with van der Waals surface area (Å²) in [6.07, 6.45) is -4.63. The Morgan fingerprint density at radius 1 is 1.17 bits per heavy atom. The van der Waals surface area contributed by atoms with Crippen LogP contribution >= 0.6 is 0 Å². The second kappa shape index (κ2) is 7.43. The van der Waals surface area contributed by atoms with Crippen LogP contribution in [-0.2, 0) is 12.7 Å². The van der Waals surface area contributed by atoms with Gasteiger partial charge in [0.25, 0.3) is 0 Å². The number of hydrogen-bond acceptors (Lipinski definition) is 5. The number of nitrogens with zero attached hydrogens (tertiary/aromatic N) is 2. The van der Waals surface area contributed by atoms with Crippen LogP contribution in [0.3, 0.4) is 0 Å². The van der Waals surface area contributed by atoms with Crippen molar-refractivity contribution in [3.8, 4) is 0 Å². The molecule has 5 nitrogen and oxygen atoms in total. The first-order valence-electron chi connectivity index (χ1n) is 7.10. The number of rotatable bonds is 6. The van der Waals surface area contributed by atoms with Gasteiger partial charge in [-0.1, -0.05) is 12.1 Å². The first-order valence-corrected chi connectivity index (χ1v) is 7.10. The highest BCUT2D eigenvalue weighted by molar-refractivity contribution is 5.44. The van der Waals surface area contributed by atoms with Gasteiger partial charge in [-0.2, -0.15) is 18.2 Å². The molecule has 1 atom stereocenters. The predicted molar refractivity (Wildman–Crippen MR) is 80.9 cm³/mol. The lowest BCUT2D eigenvalue weighted by molar-refractivity contribution is -0.141. The van der Waals surface area contributed by atoms with Crippen LogP contribution in [0, 0.1) is 5.82 Å². The molecule has 0 saturated heterocycles. The van der Waals surface area contributed by atoms with Crippen LogP contribution in [0.5, 0.6) is 0 Å². The van der Waals surface area contributed by atoms with Crippen molar-refractivity contribution >= 4 is 11.8 Å². The average Bonchev–Trinajstić information content (AvgIpc) is 2.53.